The molecule has 0 heterocycles. The summed E-state index contributed by atoms with van der Waals surface area (Å²) in [6, 6.07) is 24.3. The van der Waals surface area contributed by atoms with Crippen molar-refractivity contribution < 1.29 is 14.3 Å². The zero-order valence-electron chi connectivity index (χ0n) is 18.1. The van der Waals surface area contributed by atoms with Gasteiger partial charge in [-0.15, -0.1) is 0 Å². The molecule has 0 aromatic heterocycles. The molecule has 0 atom stereocenters. The molecule has 0 radical (unpaired) electrons. The van der Waals surface area contributed by atoms with Crippen molar-refractivity contribution in [2.75, 3.05) is 11.9 Å². The predicted octanol–water partition coefficient (Wildman–Crippen LogP) is 4.93. The number of carbonyl (C=O) groups excluding carboxylic acids is 2. The van der Waals surface area contributed by atoms with E-state index in [9.17, 15) is 9.59 Å². The van der Waals surface area contributed by atoms with E-state index in [4.69, 9.17) is 4.74 Å². The Labute approximate surface area is 183 Å². The molecule has 5 nitrogen and oxygen atoms in total. The van der Waals surface area contributed by atoms with Gasteiger partial charge in [0.15, 0.2) is 6.61 Å². The number of benzene rings is 3. The summed E-state index contributed by atoms with van der Waals surface area (Å²) in [5, 5.41) is 5.81. The summed E-state index contributed by atoms with van der Waals surface area (Å²) >= 11 is 0. The van der Waals surface area contributed by atoms with Crippen molar-refractivity contribution in [1.82, 2.24) is 5.32 Å². The Hall–Kier alpha value is -3.60. The molecule has 0 aliphatic rings. The second-order valence-electron chi connectivity index (χ2n) is 8.30. The third kappa shape index (κ3) is 6.19. The van der Waals surface area contributed by atoms with Crippen molar-refractivity contribution in [2.45, 2.75) is 32.7 Å². The highest BCUT2D eigenvalue weighted by Crippen LogP contribution is 2.29. The first-order valence-corrected chi connectivity index (χ1v) is 10.3. The van der Waals surface area contributed by atoms with E-state index in [0.717, 1.165) is 16.8 Å². The maximum atomic E-state index is 12.6. The molecular weight excluding hydrogens is 388 g/mol. The fraction of sp³-hybridized carbons (Fsp3) is 0.231. The van der Waals surface area contributed by atoms with Crippen LogP contribution in [-0.4, -0.2) is 18.4 Å². The molecule has 0 saturated carbocycles. The SMILES string of the molecule is CC(C)(C)c1ccccc1NC(=O)COc1ccccc1C(=O)NCc1ccccc1. The van der Waals surface area contributed by atoms with E-state index in [1.54, 1.807) is 24.3 Å². The Morgan fingerprint density at radius 1 is 0.839 bits per heavy atom. The van der Waals surface area contributed by atoms with Gasteiger partial charge in [0.25, 0.3) is 11.8 Å². The fourth-order valence-corrected chi connectivity index (χ4v) is 3.23. The van der Waals surface area contributed by atoms with Gasteiger partial charge >= 0.3 is 0 Å². The molecule has 3 rings (SSSR count). The first kappa shape index (κ1) is 22.1. The first-order valence-electron chi connectivity index (χ1n) is 10.3. The van der Waals surface area contributed by atoms with Crippen molar-refractivity contribution in [3.63, 3.8) is 0 Å². The van der Waals surface area contributed by atoms with Crippen LogP contribution in [0.2, 0.25) is 0 Å². The number of carbonyl (C=O) groups is 2. The molecule has 0 unspecified atom stereocenters. The lowest BCUT2D eigenvalue weighted by atomic mass is 9.86. The molecule has 0 bridgehead atoms. The van der Waals surface area contributed by atoms with Crippen molar-refractivity contribution in [3.05, 3.63) is 95.6 Å². The van der Waals surface area contributed by atoms with Gasteiger partial charge in [-0.05, 0) is 34.7 Å². The maximum absolute atomic E-state index is 12.6. The van der Waals surface area contributed by atoms with Crippen molar-refractivity contribution >= 4 is 17.5 Å². The Balaban J connectivity index is 1.62. The standard InChI is InChI=1S/C26H28N2O3/c1-26(2,3)21-14-8-9-15-22(21)28-24(29)18-31-23-16-10-7-13-20(23)25(30)27-17-19-11-5-4-6-12-19/h4-16H,17-18H2,1-3H3,(H,27,30)(H,28,29). The quantitative estimate of drug-likeness (QED) is 0.574. The zero-order valence-corrected chi connectivity index (χ0v) is 18.1. The van der Waals surface area contributed by atoms with Gasteiger partial charge in [0.05, 0.1) is 5.56 Å². The number of para-hydroxylation sites is 2. The second-order valence-corrected chi connectivity index (χ2v) is 8.30. The van der Waals surface area contributed by atoms with Crippen LogP contribution in [0.25, 0.3) is 0 Å². The maximum Gasteiger partial charge on any atom is 0.262 e. The van der Waals surface area contributed by atoms with Crippen molar-refractivity contribution in [3.8, 4) is 5.75 Å². The van der Waals surface area contributed by atoms with Crippen LogP contribution in [0, 0.1) is 0 Å². The molecule has 0 aliphatic heterocycles. The van der Waals surface area contributed by atoms with Crippen LogP contribution in [0.5, 0.6) is 5.75 Å². The molecular formula is C26H28N2O3. The summed E-state index contributed by atoms with van der Waals surface area (Å²) in [6.07, 6.45) is 0. The number of hydrogen-bond donors (Lipinski definition) is 2. The zero-order chi connectivity index (χ0) is 22.3. The lowest BCUT2D eigenvalue weighted by Crippen LogP contribution is -2.25. The van der Waals surface area contributed by atoms with Crippen LogP contribution in [-0.2, 0) is 16.8 Å². The van der Waals surface area contributed by atoms with Gasteiger partial charge in [-0.25, -0.2) is 0 Å². The van der Waals surface area contributed by atoms with Crippen molar-refractivity contribution in [1.29, 1.82) is 0 Å². The number of ether oxygens (including phenoxy) is 1. The third-order valence-corrected chi connectivity index (χ3v) is 4.80. The van der Waals surface area contributed by atoms with Gasteiger partial charge in [-0.1, -0.05) is 81.4 Å². The Kier molecular flexibility index (Phi) is 7.08. The number of amides is 2. The third-order valence-electron chi connectivity index (χ3n) is 4.80. The highest BCUT2D eigenvalue weighted by Gasteiger charge is 2.19. The van der Waals surface area contributed by atoms with E-state index in [1.807, 2.05) is 54.6 Å². The van der Waals surface area contributed by atoms with Crippen LogP contribution in [0.4, 0.5) is 5.69 Å². The van der Waals surface area contributed by atoms with Gasteiger partial charge in [0, 0.05) is 12.2 Å². The molecule has 0 spiro atoms. The van der Waals surface area contributed by atoms with Gasteiger partial charge in [0.1, 0.15) is 5.75 Å². The topological polar surface area (TPSA) is 67.4 Å². The smallest absolute Gasteiger partial charge is 0.262 e. The minimum Gasteiger partial charge on any atom is -0.483 e. The van der Waals surface area contributed by atoms with Crippen LogP contribution < -0.4 is 15.4 Å². The van der Waals surface area contributed by atoms with Crippen molar-refractivity contribution in [2.24, 2.45) is 0 Å². The van der Waals surface area contributed by atoms with Crippen LogP contribution in [0.1, 0.15) is 42.3 Å². The minimum absolute atomic E-state index is 0.103. The van der Waals surface area contributed by atoms with Gasteiger partial charge in [0.2, 0.25) is 0 Å². The van der Waals surface area contributed by atoms with E-state index in [0.29, 0.717) is 17.9 Å². The van der Waals surface area contributed by atoms with E-state index in [2.05, 4.69) is 31.4 Å². The average molecular weight is 417 g/mol. The molecule has 160 valence electrons. The monoisotopic (exact) mass is 416 g/mol. The van der Waals surface area contributed by atoms with E-state index in [1.165, 1.54) is 0 Å². The number of hydrogen-bond acceptors (Lipinski definition) is 3. The molecule has 3 aromatic rings. The minimum atomic E-state index is -0.281. The van der Waals surface area contributed by atoms with E-state index >= 15 is 0 Å². The van der Waals surface area contributed by atoms with Gasteiger partial charge < -0.3 is 15.4 Å². The van der Waals surface area contributed by atoms with E-state index < -0.39 is 0 Å². The molecule has 2 amide bonds. The Bertz CT molecular complexity index is 1040. The normalized spacial score (nSPS) is 10.9. The summed E-state index contributed by atoms with van der Waals surface area (Å²) in [4.78, 5) is 25.2. The largest absolute Gasteiger partial charge is 0.483 e. The summed E-state index contributed by atoms with van der Waals surface area (Å²) in [5.74, 6) is -0.165. The number of rotatable bonds is 7. The number of nitrogens with one attached hydrogen (secondary N) is 2. The summed E-state index contributed by atoms with van der Waals surface area (Å²) in [7, 11) is 0. The van der Waals surface area contributed by atoms with Crippen LogP contribution in [0.3, 0.4) is 0 Å². The van der Waals surface area contributed by atoms with Gasteiger partial charge in [-0.3, -0.25) is 9.59 Å². The van der Waals surface area contributed by atoms with Crippen LogP contribution in [0.15, 0.2) is 78.9 Å². The molecule has 0 saturated heterocycles. The highest BCUT2D eigenvalue weighted by molar-refractivity contribution is 5.97. The van der Waals surface area contributed by atoms with E-state index in [-0.39, 0.29) is 23.8 Å². The lowest BCUT2D eigenvalue weighted by Gasteiger charge is -2.23. The molecule has 0 fully saturated rings. The Morgan fingerprint density at radius 2 is 1.48 bits per heavy atom. The molecule has 5 heteroatoms. The summed E-state index contributed by atoms with van der Waals surface area (Å²) < 4.78 is 5.70. The molecule has 2 N–H and O–H groups in total. The highest BCUT2D eigenvalue weighted by atomic mass is 16.5. The predicted molar refractivity (Wildman–Crippen MR) is 123 cm³/mol. The Morgan fingerprint density at radius 3 is 2.23 bits per heavy atom. The summed E-state index contributed by atoms with van der Waals surface area (Å²) in [5.41, 5.74) is 3.10. The molecule has 31 heavy (non-hydrogen) atoms. The van der Waals surface area contributed by atoms with Crippen LogP contribution >= 0.6 is 0 Å². The lowest BCUT2D eigenvalue weighted by molar-refractivity contribution is -0.118. The van der Waals surface area contributed by atoms with Gasteiger partial charge in [-0.2, -0.15) is 0 Å². The first-order chi connectivity index (χ1) is 14.8. The fourth-order valence-electron chi connectivity index (χ4n) is 3.23. The molecule has 3 aromatic carbocycles. The summed E-state index contributed by atoms with van der Waals surface area (Å²) in [6.45, 7) is 6.51. The number of anilines is 1. The second kappa shape index (κ2) is 9.94. The molecule has 0 aliphatic carbocycles. The average Bonchev–Trinajstić information content (AvgIpc) is 2.76.